The Morgan fingerprint density at radius 3 is 0.945 bits per heavy atom. The van der Waals surface area contributed by atoms with Gasteiger partial charge in [0.15, 0.2) is 0 Å². The van der Waals surface area contributed by atoms with Crippen LogP contribution in [0.15, 0.2) is 268 Å². The maximum absolute atomic E-state index is 6.29. The Morgan fingerprint density at radius 1 is 0.241 bits per heavy atom. The number of aromatic amines is 8. The average Bonchev–Trinajstić information content (AvgIpc) is 1.74. The van der Waals surface area contributed by atoms with Crippen molar-refractivity contribution in [2.24, 2.45) is 0 Å². The SMILES string of the molecule is C.CCC=CCc1ncc(-c2ccc3c(c2)COc2cc4c(cc2-3)CCc2[nH]c(CC=CCC)nc2-4)[nH]1.CCC=CCc1ncc(-c2ccc3c(c2)COc2cc4c(ccc5[nH]c(CC=CCC)nc54)cc2-3)[nH]1.CCC=CCc1ncc(-c2ccc3c(c2)OCc2cc4c(cc2-3)CCc2[nH]c(CC=CCC)nc2-4)[nH]1.CCC=CCc1ncc(-c2ccc3c(c2)OCc2cc4c(ccc5[nH]c(CC=CCC)nc54)cc2-3)[nH]1. The number of nitrogens with one attached hydrogen (secondary N) is 8. The monoisotopic (exact) mass is 1920 g/mol. The number of ether oxygens (including phenoxy) is 4. The molecule has 20 nitrogen and oxygen atoms in total. The molecule has 0 saturated heterocycles. The summed E-state index contributed by atoms with van der Waals surface area (Å²) in [6, 6.07) is 52.9. The average molecular weight is 1920 g/mol. The van der Waals surface area contributed by atoms with Crippen LogP contribution in [0.5, 0.6) is 23.0 Å². The summed E-state index contributed by atoms with van der Waals surface area (Å²) in [6.45, 7) is 19.4. The molecule has 0 unspecified atom stereocenters. The number of aromatic nitrogens is 16. The molecule has 8 aromatic heterocycles. The van der Waals surface area contributed by atoms with E-state index >= 15 is 0 Å². The minimum Gasteiger partial charge on any atom is -0.488 e. The number of H-pyrrole nitrogens is 8. The molecule has 732 valence electrons. The molecule has 2 aliphatic carbocycles. The highest BCUT2D eigenvalue weighted by Gasteiger charge is 2.31. The van der Waals surface area contributed by atoms with Crippen molar-refractivity contribution in [3.8, 4) is 135 Å². The highest BCUT2D eigenvalue weighted by Crippen LogP contribution is 2.50. The normalized spacial score (nSPS) is 13.4. The molecule has 0 atom stereocenters. The van der Waals surface area contributed by atoms with E-state index in [1.165, 1.54) is 99.9 Å². The summed E-state index contributed by atoms with van der Waals surface area (Å²) in [5, 5.41) is 4.65. The van der Waals surface area contributed by atoms with Gasteiger partial charge in [-0.1, -0.05) is 209 Å². The molecule has 4 aliphatic heterocycles. The minimum absolute atomic E-state index is 0. The van der Waals surface area contributed by atoms with Gasteiger partial charge in [0.05, 0.1) is 81.0 Å². The number of rotatable bonds is 28. The topological polar surface area (TPSA) is 266 Å². The fourth-order valence-electron chi connectivity index (χ4n) is 20.3. The van der Waals surface area contributed by atoms with Crippen molar-refractivity contribution in [3.63, 3.8) is 0 Å². The molecule has 10 aromatic carbocycles. The zero-order valence-corrected chi connectivity index (χ0v) is 83.6. The molecule has 0 spiro atoms. The third-order valence-electron chi connectivity index (χ3n) is 27.7. The van der Waals surface area contributed by atoms with E-state index in [0.717, 1.165) is 299 Å². The minimum atomic E-state index is 0. The van der Waals surface area contributed by atoms with Crippen molar-refractivity contribution in [1.82, 2.24) is 79.7 Å². The van der Waals surface area contributed by atoms with E-state index in [1.54, 1.807) is 0 Å². The summed E-state index contributed by atoms with van der Waals surface area (Å²) in [5.74, 6) is 11.7. The Hall–Kier alpha value is -16.0. The standard InChI is InChI=1S/C31H32N4O.C31H30N4O.C31H32N4O.C31H30N4O.CH4/c2*1-3-5-7-9-29-32-18-27(34-29)21-11-13-23-22(15-21)19-36-28-17-24-20(16-25(23)28)12-14-26-31(24)35-30(33-26)10-8-6-4-2;2*1-3-5-7-9-29-32-18-27(34-29)21-11-13-23-24-15-20-12-14-26-31(35-30(33-26)10-8-6-4-2)25(20)16-22(24)19-36-28(23)17-21;/h5-8,11,13,15-18H,3-4,9-10,12,14,19H2,1-2H3,(H,32,34)(H,33,35);5-8,11-18H,3-4,9-10,19H2,1-2H3,(H,32,34)(H,33,35);5-8,11,13,15-18H,3-4,9-10,12,14,19H2,1-2H3,(H,32,34)(H,33,35);5-8,11-18H,3-4,9-10,19H2,1-2H3,(H,32,34)(H,33,35);1H4. The lowest BCUT2D eigenvalue weighted by Crippen LogP contribution is -2.10. The van der Waals surface area contributed by atoms with Gasteiger partial charge < -0.3 is 58.8 Å². The van der Waals surface area contributed by atoms with Crippen molar-refractivity contribution in [1.29, 1.82) is 0 Å². The molecule has 0 radical (unpaired) electrons. The maximum atomic E-state index is 6.29. The third-order valence-corrected chi connectivity index (χ3v) is 27.7. The molecular formula is C125H128N16O4. The Labute approximate surface area is 848 Å². The van der Waals surface area contributed by atoms with Gasteiger partial charge in [-0.15, -0.1) is 0 Å². The van der Waals surface area contributed by atoms with Crippen LogP contribution >= 0.6 is 0 Å². The third kappa shape index (κ3) is 20.9. The highest BCUT2D eigenvalue weighted by atomic mass is 16.5. The van der Waals surface area contributed by atoms with Crippen LogP contribution in [0.25, 0.3) is 156 Å². The second kappa shape index (κ2) is 44.3. The number of hydrogen-bond acceptors (Lipinski definition) is 12. The van der Waals surface area contributed by atoms with Gasteiger partial charge in [0.2, 0.25) is 0 Å². The number of hydrogen-bond donors (Lipinski definition) is 8. The first-order valence-electron chi connectivity index (χ1n) is 51.7. The van der Waals surface area contributed by atoms with Crippen LogP contribution in [-0.4, -0.2) is 79.7 Å². The lowest BCUT2D eigenvalue weighted by Gasteiger charge is -2.25. The summed E-state index contributed by atoms with van der Waals surface area (Å²) in [5.41, 5.74) is 37.0. The summed E-state index contributed by atoms with van der Waals surface area (Å²) >= 11 is 0. The van der Waals surface area contributed by atoms with Crippen molar-refractivity contribution in [2.45, 2.75) is 218 Å². The first-order chi connectivity index (χ1) is 70.9. The van der Waals surface area contributed by atoms with Gasteiger partial charge in [0, 0.05) is 118 Å². The summed E-state index contributed by atoms with van der Waals surface area (Å²) in [6.07, 6.45) is 61.5. The van der Waals surface area contributed by atoms with Crippen LogP contribution in [0.2, 0.25) is 0 Å². The van der Waals surface area contributed by atoms with E-state index in [4.69, 9.17) is 38.9 Å². The zero-order chi connectivity index (χ0) is 97.9. The molecule has 145 heavy (non-hydrogen) atoms. The molecule has 0 fully saturated rings. The van der Waals surface area contributed by atoms with Crippen LogP contribution in [0.1, 0.15) is 206 Å². The van der Waals surface area contributed by atoms with E-state index < -0.39 is 0 Å². The number of aryl methyl sites for hydroxylation is 4. The molecule has 0 bridgehead atoms. The second-order valence-electron chi connectivity index (χ2n) is 37.7. The Bertz CT molecular complexity index is 7580. The van der Waals surface area contributed by atoms with E-state index in [-0.39, 0.29) is 7.43 Å². The van der Waals surface area contributed by atoms with E-state index in [0.29, 0.717) is 26.4 Å². The molecule has 0 saturated carbocycles. The number of benzene rings is 10. The van der Waals surface area contributed by atoms with E-state index in [9.17, 15) is 0 Å². The lowest BCUT2D eigenvalue weighted by molar-refractivity contribution is 0.302. The predicted octanol–water partition coefficient (Wildman–Crippen LogP) is 30.3. The van der Waals surface area contributed by atoms with Crippen molar-refractivity contribution >= 4 is 43.6 Å². The van der Waals surface area contributed by atoms with E-state index in [1.807, 2.05) is 24.8 Å². The van der Waals surface area contributed by atoms with Gasteiger partial charge in [0.1, 0.15) is 96.0 Å². The Morgan fingerprint density at radius 2 is 0.545 bits per heavy atom. The van der Waals surface area contributed by atoms with Crippen LogP contribution in [0.4, 0.5) is 0 Å². The van der Waals surface area contributed by atoms with Gasteiger partial charge in [0.25, 0.3) is 0 Å². The van der Waals surface area contributed by atoms with Gasteiger partial charge in [-0.25, -0.2) is 39.9 Å². The van der Waals surface area contributed by atoms with Gasteiger partial charge in [-0.2, -0.15) is 0 Å². The summed E-state index contributed by atoms with van der Waals surface area (Å²) in [7, 11) is 0. The number of imidazole rings is 8. The second-order valence-corrected chi connectivity index (χ2v) is 37.7. The largest absolute Gasteiger partial charge is 0.488 e. The number of nitrogens with zero attached hydrogens (tertiary/aromatic N) is 8. The fraction of sp³-hybridized carbons (Fsp3) is 0.264. The van der Waals surface area contributed by atoms with Crippen LogP contribution in [0.3, 0.4) is 0 Å². The van der Waals surface area contributed by atoms with Crippen LogP contribution in [-0.2, 0) is 103 Å². The zero-order valence-electron chi connectivity index (χ0n) is 83.6. The first kappa shape index (κ1) is 96.5. The van der Waals surface area contributed by atoms with Gasteiger partial charge >= 0.3 is 0 Å². The van der Waals surface area contributed by atoms with Crippen molar-refractivity contribution in [2.75, 3.05) is 0 Å². The summed E-state index contributed by atoms with van der Waals surface area (Å²) in [4.78, 5) is 65.8. The molecule has 0 amide bonds. The molecular weight excluding hydrogens is 1790 g/mol. The van der Waals surface area contributed by atoms with Crippen molar-refractivity contribution in [3.05, 3.63) is 359 Å². The number of allylic oxidation sites excluding steroid dienone is 16. The highest BCUT2D eigenvalue weighted by molar-refractivity contribution is 6.08. The molecule has 12 heterocycles. The van der Waals surface area contributed by atoms with Crippen molar-refractivity contribution < 1.29 is 18.9 Å². The molecule has 8 N–H and O–H groups in total. The van der Waals surface area contributed by atoms with E-state index in [2.05, 4.69) is 358 Å². The molecule has 24 rings (SSSR count). The van der Waals surface area contributed by atoms with Crippen LogP contribution < -0.4 is 18.9 Å². The van der Waals surface area contributed by atoms with Crippen LogP contribution in [0, 0.1) is 0 Å². The Balaban J connectivity index is 0.000000118. The lowest BCUT2D eigenvalue weighted by atomic mass is 9.85. The number of fused-ring (bicyclic) bond motifs is 24. The molecule has 20 heteroatoms. The first-order valence-corrected chi connectivity index (χ1v) is 51.7. The molecule has 18 aromatic rings. The predicted molar refractivity (Wildman–Crippen MR) is 591 cm³/mol. The quantitative estimate of drug-likeness (QED) is 0.0213. The summed E-state index contributed by atoms with van der Waals surface area (Å²) < 4.78 is 25.1. The smallest absolute Gasteiger partial charge is 0.128 e. The maximum Gasteiger partial charge on any atom is 0.128 e. The molecule has 6 aliphatic rings. The Kier molecular flexibility index (Phi) is 29.5. The van der Waals surface area contributed by atoms with Gasteiger partial charge in [-0.05, 0) is 252 Å². The van der Waals surface area contributed by atoms with Gasteiger partial charge in [-0.3, -0.25) is 0 Å². The fourth-order valence-corrected chi connectivity index (χ4v) is 20.3.